The SMILES string of the molecule is CC(C)c1ccccc1-c1ncc(CNC(=O)OC(C)(C)C)nn1. The average Bonchev–Trinajstić information content (AvgIpc) is 2.52. The second-order valence-corrected chi connectivity index (χ2v) is 6.87. The highest BCUT2D eigenvalue weighted by molar-refractivity contribution is 5.67. The van der Waals surface area contributed by atoms with Crippen molar-refractivity contribution in [1.82, 2.24) is 20.5 Å². The molecule has 0 aliphatic heterocycles. The molecular formula is C18H24N4O2. The lowest BCUT2D eigenvalue weighted by molar-refractivity contribution is 0.0522. The van der Waals surface area contributed by atoms with E-state index in [2.05, 4.69) is 40.4 Å². The third-order valence-corrected chi connectivity index (χ3v) is 3.25. The molecule has 0 saturated carbocycles. The lowest BCUT2D eigenvalue weighted by Crippen LogP contribution is -2.32. The number of carbonyl (C=O) groups excluding carboxylic acids is 1. The van der Waals surface area contributed by atoms with Crippen LogP contribution in [-0.4, -0.2) is 26.9 Å². The summed E-state index contributed by atoms with van der Waals surface area (Å²) in [6.45, 7) is 9.93. The van der Waals surface area contributed by atoms with Gasteiger partial charge in [0.2, 0.25) is 0 Å². The molecule has 6 nitrogen and oxygen atoms in total. The fourth-order valence-corrected chi connectivity index (χ4v) is 2.18. The van der Waals surface area contributed by atoms with Gasteiger partial charge in [0.1, 0.15) is 11.3 Å². The molecule has 0 fully saturated rings. The van der Waals surface area contributed by atoms with Crippen LogP contribution >= 0.6 is 0 Å². The Morgan fingerprint density at radius 3 is 2.50 bits per heavy atom. The molecule has 0 bridgehead atoms. The Morgan fingerprint density at radius 1 is 1.21 bits per heavy atom. The molecule has 0 saturated heterocycles. The van der Waals surface area contributed by atoms with Crippen molar-refractivity contribution in [3.63, 3.8) is 0 Å². The van der Waals surface area contributed by atoms with Gasteiger partial charge in [-0.1, -0.05) is 38.1 Å². The predicted octanol–water partition coefficient (Wildman–Crippen LogP) is 3.69. The van der Waals surface area contributed by atoms with Crippen LogP contribution in [0.5, 0.6) is 0 Å². The van der Waals surface area contributed by atoms with Crippen molar-refractivity contribution in [3.05, 3.63) is 41.7 Å². The number of ether oxygens (including phenoxy) is 1. The first-order valence-electron chi connectivity index (χ1n) is 8.01. The molecule has 1 heterocycles. The molecule has 1 amide bonds. The number of rotatable bonds is 4. The molecule has 2 rings (SSSR count). The van der Waals surface area contributed by atoms with Gasteiger partial charge in [0, 0.05) is 5.56 Å². The minimum absolute atomic E-state index is 0.223. The second kappa shape index (κ2) is 7.38. The number of hydrogen-bond donors (Lipinski definition) is 1. The van der Waals surface area contributed by atoms with Crippen LogP contribution in [0.25, 0.3) is 11.4 Å². The third kappa shape index (κ3) is 5.01. The predicted molar refractivity (Wildman–Crippen MR) is 92.4 cm³/mol. The van der Waals surface area contributed by atoms with E-state index in [-0.39, 0.29) is 6.54 Å². The molecule has 0 atom stereocenters. The average molecular weight is 328 g/mol. The second-order valence-electron chi connectivity index (χ2n) is 6.87. The Labute approximate surface area is 142 Å². The normalized spacial score (nSPS) is 11.4. The van der Waals surface area contributed by atoms with Crippen molar-refractivity contribution in [2.45, 2.75) is 52.7 Å². The minimum Gasteiger partial charge on any atom is -0.444 e. The van der Waals surface area contributed by atoms with Crippen LogP contribution in [-0.2, 0) is 11.3 Å². The van der Waals surface area contributed by atoms with E-state index >= 15 is 0 Å². The van der Waals surface area contributed by atoms with Gasteiger partial charge in [-0.15, -0.1) is 10.2 Å². The van der Waals surface area contributed by atoms with Gasteiger partial charge in [-0.05, 0) is 32.3 Å². The maximum atomic E-state index is 11.6. The Bertz CT molecular complexity index is 691. The summed E-state index contributed by atoms with van der Waals surface area (Å²) in [4.78, 5) is 16.0. The standard InChI is InChI=1S/C18H24N4O2/c1-12(2)14-8-6-7-9-15(14)16-19-10-13(21-22-16)11-20-17(23)24-18(3,4)5/h6-10,12H,11H2,1-5H3,(H,20,23). The fourth-order valence-electron chi connectivity index (χ4n) is 2.18. The topological polar surface area (TPSA) is 77.0 Å². The van der Waals surface area contributed by atoms with Gasteiger partial charge in [0.05, 0.1) is 12.7 Å². The van der Waals surface area contributed by atoms with Crippen molar-refractivity contribution in [1.29, 1.82) is 0 Å². The Kier molecular flexibility index (Phi) is 5.49. The lowest BCUT2D eigenvalue weighted by Gasteiger charge is -2.19. The summed E-state index contributed by atoms with van der Waals surface area (Å²) in [5.41, 5.74) is 2.20. The van der Waals surface area contributed by atoms with Crippen molar-refractivity contribution >= 4 is 6.09 Å². The Balaban J connectivity index is 2.05. The molecule has 0 unspecified atom stereocenters. The molecule has 24 heavy (non-hydrogen) atoms. The summed E-state index contributed by atoms with van der Waals surface area (Å²) in [6.07, 6.45) is 1.13. The number of benzene rings is 1. The first-order valence-corrected chi connectivity index (χ1v) is 8.01. The summed E-state index contributed by atoms with van der Waals surface area (Å²) in [7, 11) is 0. The summed E-state index contributed by atoms with van der Waals surface area (Å²) >= 11 is 0. The molecule has 6 heteroatoms. The van der Waals surface area contributed by atoms with E-state index in [9.17, 15) is 4.79 Å². The number of hydrogen-bond acceptors (Lipinski definition) is 5. The molecule has 1 aromatic carbocycles. The van der Waals surface area contributed by atoms with E-state index in [1.807, 2.05) is 39.0 Å². The number of aromatic nitrogens is 3. The minimum atomic E-state index is -0.529. The number of nitrogens with zero attached hydrogens (tertiary/aromatic N) is 3. The van der Waals surface area contributed by atoms with E-state index in [4.69, 9.17) is 4.74 Å². The van der Waals surface area contributed by atoms with Gasteiger partial charge in [-0.2, -0.15) is 0 Å². The van der Waals surface area contributed by atoms with E-state index in [0.29, 0.717) is 17.4 Å². The van der Waals surface area contributed by atoms with Crippen LogP contribution in [0.2, 0.25) is 0 Å². The fraction of sp³-hybridized carbons (Fsp3) is 0.444. The summed E-state index contributed by atoms with van der Waals surface area (Å²) in [5, 5.41) is 11.0. The number of alkyl carbamates (subject to hydrolysis) is 1. The van der Waals surface area contributed by atoms with Crippen molar-refractivity contribution in [2.24, 2.45) is 0 Å². The molecule has 0 aliphatic carbocycles. The first-order chi connectivity index (χ1) is 11.3. The van der Waals surface area contributed by atoms with Gasteiger partial charge in [0.25, 0.3) is 0 Å². The van der Waals surface area contributed by atoms with E-state index in [1.165, 1.54) is 5.56 Å². The highest BCUT2D eigenvalue weighted by Gasteiger charge is 2.16. The Hall–Kier alpha value is -2.50. The van der Waals surface area contributed by atoms with Crippen LogP contribution in [0.1, 0.15) is 51.8 Å². The van der Waals surface area contributed by atoms with Crippen molar-refractivity contribution in [2.75, 3.05) is 0 Å². The lowest BCUT2D eigenvalue weighted by atomic mass is 9.97. The maximum Gasteiger partial charge on any atom is 0.407 e. The highest BCUT2D eigenvalue weighted by atomic mass is 16.6. The van der Waals surface area contributed by atoms with Gasteiger partial charge < -0.3 is 10.1 Å². The monoisotopic (exact) mass is 328 g/mol. The summed E-state index contributed by atoms with van der Waals surface area (Å²) < 4.78 is 5.18. The van der Waals surface area contributed by atoms with E-state index < -0.39 is 11.7 Å². The van der Waals surface area contributed by atoms with Crippen LogP contribution in [0.4, 0.5) is 4.79 Å². The largest absolute Gasteiger partial charge is 0.444 e. The van der Waals surface area contributed by atoms with E-state index in [1.54, 1.807) is 6.20 Å². The quantitative estimate of drug-likeness (QED) is 0.926. The number of nitrogens with one attached hydrogen (secondary N) is 1. The van der Waals surface area contributed by atoms with Crippen LogP contribution < -0.4 is 5.32 Å². The number of amides is 1. The molecule has 0 radical (unpaired) electrons. The zero-order valence-electron chi connectivity index (χ0n) is 14.8. The smallest absolute Gasteiger partial charge is 0.407 e. The van der Waals surface area contributed by atoms with Crippen LogP contribution in [0.3, 0.4) is 0 Å². The summed E-state index contributed by atoms with van der Waals surface area (Å²) in [6, 6.07) is 8.03. The van der Waals surface area contributed by atoms with Gasteiger partial charge in [0.15, 0.2) is 5.82 Å². The van der Waals surface area contributed by atoms with Gasteiger partial charge in [-0.3, -0.25) is 0 Å². The van der Waals surface area contributed by atoms with Gasteiger partial charge >= 0.3 is 6.09 Å². The van der Waals surface area contributed by atoms with Crippen LogP contribution in [0.15, 0.2) is 30.5 Å². The number of carbonyl (C=O) groups is 1. The maximum absolute atomic E-state index is 11.6. The molecule has 1 N–H and O–H groups in total. The molecular weight excluding hydrogens is 304 g/mol. The van der Waals surface area contributed by atoms with Gasteiger partial charge in [-0.25, -0.2) is 9.78 Å². The van der Waals surface area contributed by atoms with E-state index in [0.717, 1.165) is 5.56 Å². The molecule has 0 aliphatic rings. The molecule has 0 spiro atoms. The molecule has 128 valence electrons. The molecule has 2 aromatic rings. The molecule has 1 aromatic heterocycles. The zero-order valence-corrected chi connectivity index (χ0v) is 14.8. The Morgan fingerprint density at radius 2 is 1.92 bits per heavy atom. The third-order valence-electron chi connectivity index (χ3n) is 3.25. The van der Waals surface area contributed by atoms with Crippen molar-refractivity contribution < 1.29 is 9.53 Å². The van der Waals surface area contributed by atoms with Crippen LogP contribution in [0, 0.1) is 0 Å². The first kappa shape index (κ1) is 17.8. The highest BCUT2D eigenvalue weighted by Crippen LogP contribution is 2.25. The zero-order chi connectivity index (χ0) is 17.7. The van der Waals surface area contributed by atoms with Crippen molar-refractivity contribution in [3.8, 4) is 11.4 Å². The summed E-state index contributed by atoms with van der Waals surface area (Å²) in [5.74, 6) is 0.957.